The molecule has 0 aliphatic rings. The van der Waals surface area contributed by atoms with E-state index in [4.69, 9.17) is 4.74 Å². The fraction of sp³-hybridized carbons (Fsp3) is 0.556. The minimum absolute atomic E-state index is 0.0601. The van der Waals surface area contributed by atoms with Gasteiger partial charge in [0.15, 0.2) is 0 Å². The third-order valence-electron chi connectivity index (χ3n) is 3.67. The summed E-state index contributed by atoms with van der Waals surface area (Å²) in [5, 5.41) is 19.0. The van der Waals surface area contributed by atoms with E-state index in [0.29, 0.717) is 5.75 Å². The van der Waals surface area contributed by atoms with Gasteiger partial charge < -0.3 is 14.9 Å². The van der Waals surface area contributed by atoms with Crippen molar-refractivity contribution in [3.05, 3.63) is 29.8 Å². The van der Waals surface area contributed by atoms with Gasteiger partial charge in [0.05, 0.1) is 17.9 Å². The van der Waals surface area contributed by atoms with Crippen molar-refractivity contribution in [2.24, 2.45) is 17.3 Å². The van der Waals surface area contributed by atoms with E-state index in [2.05, 4.69) is 0 Å². The summed E-state index contributed by atoms with van der Waals surface area (Å²) in [7, 11) is 0. The molecular formula is C18H26O5. The van der Waals surface area contributed by atoms with Crippen LogP contribution >= 0.6 is 0 Å². The van der Waals surface area contributed by atoms with Gasteiger partial charge in [-0.15, -0.1) is 0 Å². The first-order valence-corrected chi connectivity index (χ1v) is 7.73. The van der Waals surface area contributed by atoms with Crippen molar-refractivity contribution < 1.29 is 24.5 Å². The Hall–Kier alpha value is -2.04. The second-order valence-electron chi connectivity index (χ2n) is 7.14. The lowest BCUT2D eigenvalue weighted by atomic mass is 9.71. The SMILES string of the molecule is CC(C)Oc1ccc(CC(C(=O)O)C(C(=O)O)C(C)(C)C)cc1. The maximum Gasteiger partial charge on any atom is 0.307 e. The number of hydrogen-bond acceptors (Lipinski definition) is 3. The molecular weight excluding hydrogens is 296 g/mol. The number of ether oxygens (including phenoxy) is 1. The van der Waals surface area contributed by atoms with Crippen LogP contribution in [0.1, 0.15) is 40.2 Å². The normalized spacial score (nSPS) is 14.3. The second-order valence-corrected chi connectivity index (χ2v) is 7.14. The fourth-order valence-corrected chi connectivity index (χ4v) is 2.72. The van der Waals surface area contributed by atoms with E-state index in [0.717, 1.165) is 5.56 Å². The molecule has 0 saturated carbocycles. The van der Waals surface area contributed by atoms with Gasteiger partial charge in [0, 0.05) is 0 Å². The van der Waals surface area contributed by atoms with E-state index in [-0.39, 0.29) is 12.5 Å². The summed E-state index contributed by atoms with van der Waals surface area (Å²) in [5.74, 6) is -3.41. The van der Waals surface area contributed by atoms with Crippen LogP contribution in [0.5, 0.6) is 5.75 Å². The smallest absolute Gasteiger partial charge is 0.307 e. The topological polar surface area (TPSA) is 83.8 Å². The summed E-state index contributed by atoms with van der Waals surface area (Å²) in [5.41, 5.74) is 0.138. The minimum atomic E-state index is -1.09. The Morgan fingerprint density at radius 2 is 1.57 bits per heavy atom. The molecule has 2 N–H and O–H groups in total. The Balaban J connectivity index is 3.00. The third-order valence-corrected chi connectivity index (χ3v) is 3.67. The summed E-state index contributed by atoms with van der Waals surface area (Å²) in [4.78, 5) is 23.2. The highest BCUT2D eigenvalue weighted by Crippen LogP contribution is 2.34. The predicted molar refractivity (Wildman–Crippen MR) is 87.6 cm³/mol. The van der Waals surface area contributed by atoms with Crippen molar-refractivity contribution >= 4 is 11.9 Å². The van der Waals surface area contributed by atoms with Crippen LogP contribution in [0.25, 0.3) is 0 Å². The van der Waals surface area contributed by atoms with Gasteiger partial charge in [-0.25, -0.2) is 0 Å². The van der Waals surface area contributed by atoms with Crippen molar-refractivity contribution in [1.29, 1.82) is 0 Å². The molecule has 0 aliphatic heterocycles. The molecule has 23 heavy (non-hydrogen) atoms. The van der Waals surface area contributed by atoms with E-state index in [1.807, 2.05) is 13.8 Å². The van der Waals surface area contributed by atoms with Gasteiger partial charge in [-0.3, -0.25) is 9.59 Å². The van der Waals surface area contributed by atoms with E-state index in [1.165, 1.54) is 0 Å². The van der Waals surface area contributed by atoms with Crippen molar-refractivity contribution in [1.82, 2.24) is 0 Å². The molecule has 0 aliphatic carbocycles. The molecule has 1 aromatic carbocycles. The van der Waals surface area contributed by atoms with Crippen LogP contribution < -0.4 is 4.74 Å². The lowest BCUT2D eigenvalue weighted by Crippen LogP contribution is -2.40. The van der Waals surface area contributed by atoms with Crippen LogP contribution in [-0.2, 0) is 16.0 Å². The molecule has 1 aromatic rings. The summed E-state index contributed by atoms with van der Waals surface area (Å²) in [6.07, 6.45) is 0.232. The van der Waals surface area contributed by atoms with Gasteiger partial charge in [-0.2, -0.15) is 0 Å². The summed E-state index contributed by atoms with van der Waals surface area (Å²) in [6, 6.07) is 7.13. The van der Waals surface area contributed by atoms with Gasteiger partial charge in [-0.05, 0) is 43.4 Å². The summed E-state index contributed by atoms with van der Waals surface area (Å²) >= 11 is 0. The quantitative estimate of drug-likeness (QED) is 0.803. The van der Waals surface area contributed by atoms with Crippen LogP contribution in [0.15, 0.2) is 24.3 Å². The van der Waals surface area contributed by atoms with Gasteiger partial charge in [-0.1, -0.05) is 32.9 Å². The molecule has 0 amide bonds. The second kappa shape index (κ2) is 7.49. The highest BCUT2D eigenvalue weighted by molar-refractivity contribution is 5.80. The third kappa shape index (κ3) is 5.58. The first-order chi connectivity index (χ1) is 10.5. The Bertz CT molecular complexity index is 540. The van der Waals surface area contributed by atoms with Gasteiger partial charge in [0.25, 0.3) is 0 Å². The molecule has 0 radical (unpaired) electrons. The first kappa shape index (κ1) is 19.0. The molecule has 128 valence electrons. The zero-order chi connectivity index (χ0) is 17.8. The van der Waals surface area contributed by atoms with Crippen LogP contribution in [0.4, 0.5) is 0 Å². The molecule has 2 unspecified atom stereocenters. The summed E-state index contributed by atoms with van der Waals surface area (Å²) < 4.78 is 5.55. The monoisotopic (exact) mass is 322 g/mol. The number of aliphatic carboxylic acids is 2. The van der Waals surface area contributed by atoms with E-state index >= 15 is 0 Å². The minimum Gasteiger partial charge on any atom is -0.491 e. The van der Waals surface area contributed by atoms with Crippen molar-refractivity contribution in [2.75, 3.05) is 0 Å². The molecule has 0 aromatic heterocycles. The lowest BCUT2D eigenvalue weighted by Gasteiger charge is -2.31. The molecule has 0 spiro atoms. The number of carbonyl (C=O) groups is 2. The van der Waals surface area contributed by atoms with Crippen LogP contribution in [-0.4, -0.2) is 28.3 Å². The number of carboxylic acid groups (broad SMARTS) is 2. The molecule has 0 fully saturated rings. The molecule has 5 heteroatoms. The maximum atomic E-state index is 11.6. The number of hydrogen-bond donors (Lipinski definition) is 2. The summed E-state index contributed by atoms with van der Waals surface area (Å²) in [6.45, 7) is 9.11. The molecule has 1 rings (SSSR count). The number of benzene rings is 1. The van der Waals surface area contributed by atoms with Crippen molar-refractivity contribution in [3.63, 3.8) is 0 Å². The Morgan fingerprint density at radius 1 is 1.04 bits per heavy atom. The zero-order valence-electron chi connectivity index (χ0n) is 14.4. The largest absolute Gasteiger partial charge is 0.491 e. The van der Waals surface area contributed by atoms with E-state index in [1.54, 1.807) is 45.0 Å². The zero-order valence-corrected chi connectivity index (χ0v) is 14.4. The maximum absolute atomic E-state index is 11.6. The highest BCUT2D eigenvalue weighted by Gasteiger charge is 2.41. The lowest BCUT2D eigenvalue weighted by molar-refractivity contribution is -0.158. The molecule has 5 nitrogen and oxygen atoms in total. The average Bonchev–Trinajstić information content (AvgIpc) is 2.37. The van der Waals surface area contributed by atoms with Crippen molar-refractivity contribution in [3.8, 4) is 5.75 Å². The number of rotatable bonds is 7. The Kier molecular flexibility index (Phi) is 6.19. The van der Waals surface area contributed by atoms with Gasteiger partial charge in [0.2, 0.25) is 0 Å². The fourth-order valence-electron chi connectivity index (χ4n) is 2.72. The molecule has 0 heterocycles. The van der Waals surface area contributed by atoms with Gasteiger partial charge in [0.1, 0.15) is 5.75 Å². The predicted octanol–water partition coefficient (Wildman–Crippen LogP) is 3.46. The van der Waals surface area contributed by atoms with Crippen molar-refractivity contribution in [2.45, 2.75) is 47.1 Å². The van der Waals surface area contributed by atoms with E-state index < -0.39 is 29.2 Å². The number of carboxylic acids is 2. The first-order valence-electron chi connectivity index (χ1n) is 7.73. The Labute approximate surface area is 137 Å². The van der Waals surface area contributed by atoms with Crippen LogP contribution in [0, 0.1) is 17.3 Å². The average molecular weight is 322 g/mol. The molecule has 0 saturated heterocycles. The Morgan fingerprint density at radius 3 is 1.91 bits per heavy atom. The molecule has 2 atom stereocenters. The highest BCUT2D eigenvalue weighted by atomic mass is 16.5. The van der Waals surface area contributed by atoms with Gasteiger partial charge >= 0.3 is 11.9 Å². The standard InChI is InChI=1S/C18H26O5/c1-11(2)23-13-8-6-12(7-9-13)10-14(16(19)20)15(17(21)22)18(3,4)5/h6-9,11,14-15H,10H2,1-5H3,(H,19,20)(H,21,22). The van der Waals surface area contributed by atoms with Crippen LogP contribution in [0.3, 0.4) is 0 Å². The van der Waals surface area contributed by atoms with Crippen LogP contribution in [0.2, 0.25) is 0 Å². The molecule has 0 bridgehead atoms. The van der Waals surface area contributed by atoms with E-state index in [9.17, 15) is 19.8 Å².